The number of hydrogen-bond donors (Lipinski definition) is 1. The van der Waals surface area contributed by atoms with Crippen LogP contribution < -0.4 is 14.8 Å². The minimum Gasteiger partial charge on any atom is -0.497 e. The summed E-state index contributed by atoms with van der Waals surface area (Å²) in [5.41, 5.74) is 1.31. The van der Waals surface area contributed by atoms with Gasteiger partial charge in [-0.3, -0.25) is 4.79 Å². The molecule has 27 heavy (non-hydrogen) atoms. The summed E-state index contributed by atoms with van der Waals surface area (Å²) in [6.45, 7) is 0.114. The second kappa shape index (κ2) is 7.14. The van der Waals surface area contributed by atoms with Gasteiger partial charge in [0.1, 0.15) is 23.7 Å². The van der Waals surface area contributed by atoms with Crippen LogP contribution in [0.1, 0.15) is 24.7 Å². The fourth-order valence-corrected chi connectivity index (χ4v) is 2.81. The molecule has 2 aromatic heterocycles. The summed E-state index contributed by atoms with van der Waals surface area (Å²) in [5, 5.41) is 11.1. The Morgan fingerprint density at radius 3 is 2.63 bits per heavy atom. The molecule has 0 atom stereocenters. The van der Waals surface area contributed by atoms with Crippen LogP contribution in [0.15, 0.2) is 40.9 Å². The SMILES string of the molecule is COc1cc(NC(=O)Cn2cccc2-c2nnc(C3CC3)o2)cc(OC)c1. The maximum absolute atomic E-state index is 12.5. The van der Waals surface area contributed by atoms with E-state index in [2.05, 4.69) is 15.5 Å². The third kappa shape index (κ3) is 3.79. The number of anilines is 1. The van der Waals surface area contributed by atoms with E-state index in [1.54, 1.807) is 37.0 Å². The number of benzene rings is 1. The molecule has 0 unspecified atom stereocenters. The van der Waals surface area contributed by atoms with Gasteiger partial charge in [0.15, 0.2) is 0 Å². The van der Waals surface area contributed by atoms with E-state index in [0.29, 0.717) is 40.6 Å². The van der Waals surface area contributed by atoms with Crippen molar-refractivity contribution in [1.82, 2.24) is 14.8 Å². The van der Waals surface area contributed by atoms with Gasteiger partial charge < -0.3 is 23.8 Å². The fourth-order valence-electron chi connectivity index (χ4n) is 2.81. The number of aromatic nitrogens is 3. The van der Waals surface area contributed by atoms with Gasteiger partial charge in [-0.25, -0.2) is 0 Å². The Kier molecular flexibility index (Phi) is 4.53. The molecule has 1 aliphatic rings. The first-order valence-corrected chi connectivity index (χ1v) is 8.68. The summed E-state index contributed by atoms with van der Waals surface area (Å²) in [4.78, 5) is 12.5. The van der Waals surface area contributed by atoms with E-state index in [1.165, 1.54) is 0 Å². The van der Waals surface area contributed by atoms with E-state index in [1.807, 2.05) is 18.3 Å². The van der Waals surface area contributed by atoms with Crippen molar-refractivity contribution in [3.63, 3.8) is 0 Å². The van der Waals surface area contributed by atoms with Crippen molar-refractivity contribution in [3.8, 4) is 23.1 Å². The molecular formula is C19H20N4O4. The number of nitrogens with one attached hydrogen (secondary N) is 1. The third-order valence-electron chi connectivity index (χ3n) is 4.37. The number of methoxy groups -OCH3 is 2. The zero-order valence-corrected chi connectivity index (χ0v) is 15.1. The van der Waals surface area contributed by atoms with Crippen LogP contribution in [0, 0.1) is 0 Å². The van der Waals surface area contributed by atoms with Crippen molar-refractivity contribution in [2.75, 3.05) is 19.5 Å². The van der Waals surface area contributed by atoms with Crippen molar-refractivity contribution < 1.29 is 18.7 Å². The lowest BCUT2D eigenvalue weighted by Crippen LogP contribution is -2.18. The lowest BCUT2D eigenvalue weighted by Gasteiger charge is -2.11. The molecule has 0 aliphatic heterocycles. The first-order valence-electron chi connectivity index (χ1n) is 8.68. The highest BCUT2D eigenvalue weighted by Gasteiger charge is 2.30. The molecule has 1 aliphatic carbocycles. The van der Waals surface area contributed by atoms with Crippen LogP contribution in [0.5, 0.6) is 11.5 Å². The monoisotopic (exact) mass is 368 g/mol. The molecule has 2 heterocycles. The molecular weight excluding hydrogens is 348 g/mol. The van der Waals surface area contributed by atoms with Gasteiger partial charge in [-0.15, -0.1) is 10.2 Å². The lowest BCUT2D eigenvalue weighted by atomic mass is 10.2. The van der Waals surface area contributed by atoms with Crippen molar-refractivity contribution in [2.24, 2.45) is 0 Å². The zero-order valence-electron chi connectivity index (χ0n) is 15.1. The number of carbonyl (C=O) groups is 1. The first-order chi connectivity index (χ1) is 13.2. The molecule has 0 saturated heterocycles. The van der Waals surface area contributed by atoms with Gasteiger partial charge in [0, 0.05) is 36.0 Å². The number of nitrogens with zero attached hydrogens (tertiary/aromatic N) is 3. The summed E-state index contributed by atoms with van der Waals surface area (Å²) in [5.74, 6) is 2.50. The number of amides is 1. The van der Waals surface area contributed by atoms with E-state index < -0.39 is 0 Å². The van der Waals surface area contributed by atoms with Crippen LogP contribution in [-0.2, 0) is 11.3 Å². The molecule has 1 aromatic carbocycles. The zero-order chi connectivity index (χ0) is 18.8. The Balaban J connectivity index is 1.48. The molecule has 140 valence electrons. The van der Waals surface area contributed by atoms with Gasteiger partial charge in [0.05, 0.1) is 14.2 Å². The second-order valence-electron chi connectivity index (χ2n) is 6.39. The largest absolute Gasteiger partial charge is 0.497 e. The minimum absolute atomic E-state index is 0.114. The topological polar surface area (TPSA) is 91.4 Å². The average molecular weight is 368 g/mol. The van der Waals surface area contributed by atoms with Gasteiger partial charge in [0.25, 0.3) is 5.89 Å². The van der Waals surface area contributed by atoms with Gasteiger partial charge in [0.2, 0.25) is 11.8 Å². The maximum Gasteiger partial charge on any atom is 0.264 e. The van der Waals surface area contributed by atoms with Crippen LogP contribution in [0.3, 0.4) is 0 Å². The van der Waals surface area contributed by atoms with Crippen LogP contribution in [-0.4, -0.2) is 34.9 Å². The maximum atomic E-state index is 12.5. The summed E-state index contributed by atoms with van der Waals surface area (Å²) in [6.07, 6.45) is 3.99. The molecule has 4 rings (SSSR count). The van der Waals surface area contributed by atoms with Crippen LogP contribution in [0.4, 0.5) is 5.69 Å². The normalized spacial score (nSPS) is 13.4. The van der Waals surface area contributed by atoms with Crippen LogP contribution >= 0.6 is 0 Å². The molecule has 0 radical (unpaired) electrons. The number of carbonyl (C=O) groups excluding carboxylic acids is 1. The minimum atomic E-state index is -0.190. The average Bonchev–Trinajstić information content (AvgIpc) is 3.22. The lowest BCUT2D eigenvalue weighted by molar-refractivity contribution is -0.116. The third-order valence-corrected chi connectivity index (χ3v) is 4.37. The Morgan fingerprint density at radius 2 is 1.96 bits per heavy atom. The molecule has 1 fully saturated rings. The Morgan fingerprint density at radius 1 is 1.22 bits per heavy atom. The van der Waals surface area contributed by atoms with E-state index in [0.717, 1.165) is 12.8 Å². The highest BCUT2D eigenvalue weighted by Crippen LogP contribution is 2.40. The molecule has 0 spiro atoms. The summed E-state index contributed by atoms with van der Waals surface area (Å²) >= 11 is 0. The van der Waals surface area contributed by atoms with Crippen molar-refractivity contribution >= 4 is 11.6 Å². The molecule has 1 N–H and O–H groups in total. The molecule has 1 saturated carbocycles. The Hall–Kier alpha value is -3.29. The predicted octanol–water partition coefficient (Wildman–Crippen LogP) is 3.07. The van der Waals surface area contributed by atoms with Crippen molar-refractivity contribution in [2.45, 2.75) is 25.3 Å². The Labute approximate surface area is 156 Å². The smallest absolute Gasteiger partial charge is 0.264 e. The van der Waals surface area contributed by atoms with Gasteiger partial charge in [-0.2, -0.15) is 0 Å². The number of hydrogen-bond acceptors (Lipinski definition) is 6. The van der Waals surface area contributed by atoms with E-state index in [9.17, 15) is 4.79 Å². The van der Waals surface area contributed by atoms with E-state index >= 15 is 0 Å². The highest BCUT2D eigenvalue weighted by molar-refractivity contribution is 5.91. The van der Waals surface area contributed by atoms with Crippen molar-refractivity contribution in [3.05, 3.63) is 42.4 Å². The fraction of sp³-hybridized carbons (Fsp3) is 0.316. The number of ether oxygens (including phenoxy) is 2. The quantitative estimate of drug-likeness (QED) is 0.689. The molecule has 3 aromatic rings. The molecule has 1 amide bonds. The summed E-state index contributed by atoms with van der Waals surface area (Å²) in [7, 11) is 3.12. The first kappa shape index (κ1) is 17.1. The van der Waals surface area contributed by atoms with Crippen LogP contribution in [0.2, 0.25) is 0 Å². The summed E-state index contributed by atoms with van der Waals surface area (Å²) < 4.78 is 18.0. The second-order valence-corrected chi connectivity index (χ2v) is 6.39. The van der Waals surface area contributed by atoms with Gasteiger partial charge in [-0.1, -0.05) is 0 Å². The predicted molar refractivity (Wildman–Crippen MR) is 97.9 cm³/mol. The standard InChI is InChI=1S/C19H20N4O4/c1-25-14-8-13(9-15(10-14)26-2)20-17(24)11-23-7-3-4-16(23)19-22-21-18(27-19)12-5-6-12/h3-4,7-10,12H,5-6,11H2,1-2H3,(H,20,24). The number of rotatable bonds is 7. The Bertz CT molecular complexity index is 936. The van der Waals surface area contributed by atoms with Crippen molar-refractivity contribution in [1.29, 1.82) is 0 Å². The van der Waals surface area contributed by atoms with E-state index in [-0.39, 0.29) is 12.5 Å². The van der Waals surface area contributed by atoms with E-state index in [4.69, 9.17) is 13.9 Å². The highest BCUT2D eigenvalue weighted by atomic mass is 16.5. The molecule has 0 bridgehead atoms. The molecule has 8 heteroatoms. The van der Waals surface area contributed by atoms with Crippen LogP contribution in [0.25, 0.3) is 11.6 Å². The van der Waals surface area contributed by atoms with Gasteiger partial charge >= 0.3 is 0 Å². The summed E-state index contributed by atoms with van der Waals surface area (Å²) in [6, 6.07) is 8.91. The molecule has 8 nitrogen and oxygen atoms in total. The van der Waals surface area contributed by atoms with Gasteiger partial charge in [-0.05, 0) is 25.0 Å².